The van der Waals surface area contributed by atoms with E-state index in [0.717, 1.165) is 12.8 Å². The van der Waals surface area contributed by atoms with Crippen LogP contribution in [0.15, 0.2) is 54.6 Å². The maximum absolute atomic E-state index is 13.5. The molecule has 38 heavy (non-hydrogen) atoms. The first-order valence-electron chi connectivity index (χ1n) is 12.3. The van der Waals surface area contributed by atoms with Crippen LogP contribution in [-0.2, 0) is 25.7 Å². The average Bonchev–Trinajstić information content (AvgIpc) is 3.72. The maximum Gasteiger partial charge on any atom is 0.397 e. The molecule has 3 aromatic rings. The summed E-state index contributed by atoms with van der Waals surface area (Å²) in [7, 11) is 0. The van der Waals surface area contributed by atoms with Crippen LogP contribution < -0.4 is 15.0 Å². The Kier molecular flexibility index (Phi) is 7.95. The number of hydrogen-bond acceptors (Lipinski definition) is 6. The largest absolute Gasteiger partial charge is 0.508 e. The highest BCUT2D eigenvalue weighted by Crippen LogP contribution is 2.36. The molecular weight excluding hydrogens is 491 g/mol. The summed E-state index contributed by atoms with van der Waals surface area (Å²) in [5, 5.41) is 13.1. The van der Waals surface area contributed by atoms with Crippen molar-refractivity contribution in [2.75, 3.05) is 16.8 Å². The molecule has 4 rings (SSSR count). The minimum absolute atomic E-state index is 0.00136. The van der Waals surface area contributed by atoms with Gasteiger partial charge in [-0.3, -0.25) is 9.59 Å². The van der Waals surface area contributed by atoms with Crippen molar-refractivity contribution in [3.05, 3.63) is 77.1 Å². The molecule has 0 heterocycles. The Morgan fingerprint density at radius 3 is 2.29 bits per heavy atom. The Hall–Kier alpha value is -4.40. The predicted octanol–water partition coefficient (Wildman–Crippen LogP) is 5.39. The summed E-state index contributed by atoms with van der Waals surface area (Å²) >= 11 is 0. The van der Waals surface area contributed by atoms with Gasteiger partial charge < -0.3 is 24.8 Å². The van der Waals surface area contributed by atoms with E-state index in [4.69, 9.17) is 9.47 Å². The van der Waals surface area contributed by atoms with Gasteiger partial charge in [-0.25, -0.2) is 9.18 Å². The second-order valence-electron chi connectivity index (χ2n) is 9.18. The van der Waals surface area contributed by atoms with Crippen molar-refractivity contribution in [2.24, 2.45) is 5.92 Å². The minimum atomic E-state index is -0.963. The van der Waals surface area contributed by atoms with Gasteiger partial charge in [0.2, 0.25) is 5.91 Å². The Labute approximate surface area is 220 Å². The number of ether oxygens (including phenoxy) is 2. The molecule has 0 atom stereocenters. The summed E-state index contributed by atoms with van der Waals surface area (Å²) in [5.74, 6) is -1.40. The van der Waals surface area contributed by atoms with Gasteiger partial charge in [0, 0.05) is 22.9 Å². The molecule has 2 N–H and O–H groups in total. The van der Waals surface area contributed by atoms with Gasteiger partial charge in [0.1, 0.15) is 23.1 Å². The van der Waals surface area contributed by atoms with E-state index in [0.29, 0.717) is 39.6 Å². The van der Waals surface area contributed by atoms with Crippen LogP contribution >= 0.6 is 0 Å². The van der Waals surface area contributed by atoms with Gasteiger partial charge in [0.15, 0.2) is 0 Å². The third-order valence-electron chi connectivity index (χ3n) is 6.11. The van der Waals surface area contributed by atoms with Gasteiger partial charge in [0.05, 0.1) is 13.2 Å². The number of phenols is 1. The van der Waals surface area contributed by atoms with Crippen LogP contribution in [0.3, 0.4) is 0 Å². The molecule has 0 unspecified atom stereocenters. The molecule has 0 radical (unpaired) electrons. The second kappa shape index (κ2) is 11.3. The van der Waals surface area contributed by atoms with E-state index in [9.17, 15) is 23.9 Å². The number of esters is 1. The fourth-order valence-corrected chi connectivity index (χ4v) is 4.07. The molecule has 1 aliphatic carbocycles. The van der Waals surface area contributed by atoms with Gasteiger partial charge in [-0.2, -0.15) is 0 Å². The Bertz CT molecular complexity index is 1340. The zero-order valence-corrected chi connectivity index (χ0v) is 21.4. The number of phenolic OH excluding ortho intramolecular Hbond substituents is 1. The lowest BCUT2D eigenvalue weighted by Gasteiger charge is -2.24. The van der Waals surface area contributed by atoms with Crippen molar-refractivity contribution in [2.45, 2.75) is 40.2 Å². The lowest BCUT2D eigenvalue weighted by Crippen LogP contribution is -2.31. The highest BCUT2D eigenvalue weighted by molar-refractivity contribution is 6.37. The third kappa shape index (κ3) is 6.29. The number of anilines is 2. The Morgan fingerprint density at radius 2 is 1.68 bits per heavy atom. The number of rotatable bonds is 8. The number of amides is 2. The quantitative estimate of drug-likeness (QED) is 0.305. The summed E-state index contributed by atoms with van der Waals surface area (Å²) in [6.07, 6.45) is 1.61. The smallest absolute Gasteiger partial charge is 0.397 e. The first kappa shape index (κ1) is 26.7. The van der Waals surface area contributed by atoms with Crippen LogP contribution in [0.5, 0.6) is 17.2 Å². The second-order valence-corrected chi connectivity index (χ2v) is 9.18. The van der Waals surface area contributed by atoms with Gasteiger partial charge >= 0.3 is 11.9 Å². The number of halogens is 1. The standard InChI is InChI=1S/C29H29FN2O6/c1-4-37-29(36)27(34)31-22-13-17(2)26(18(3)14-22)38-24-11-12-25(33)20(15-24)16-32(28(35)19-5-6-19)23-9-7-21(30)8-10-23/h7-15,19,33H,4-6,16H2,1-3H3,(H,31,34). The zero-order chi connectivity index (χ0) is 27.4. The van der Waals surface area contributed by atoms with E-state index in [1.807, 2.05) is 0 Å². The number of hydrogen-bond donors (Lipinski definition) is 2. The van der Waals surface area contributed by atoms with Crippen molar-refractivity contribution >= 4 is 29.2 Å². The van der Waals surface area contributed by atoms with Crippen LogP contribution in [-0.4, -0.2) is 29.5 Å². The topological polar surface area (TPSA) is 105 Å². The number of nitrogens with zero attached hydrogens (tertiary/aromatic N) is 1. The zero-order valence-electron chi connectivity index (χ0n) is 21.4. The van der Waals surface area contributed by atoms with Crippen LogP contribution in [0.4, 0.5) is 15.8 Å². The summed E-state index contributed by atoms with van der Waals surface area (Å²) < 4.78 is 24.3. The normalized spacial score (nSPS) is 12.5. The molecule has 3 aromatic carbocycles. The fourth-order valence-electron chi connectivity index (χ4n) is 4.07. The molecule has 0 spiro atoms. The highest BCUT2D eigenvalue weighted by atomic mass is 19.1. The van der Waals surface area contributed by atoms with Crippen LogP contribution in [0.25, 0.3) is 0 Å². The van der Waals surface area contributed by atoms with Gasteiger partial charge in [-0.05, 0) is 99.3 Å². The molecule has 8 nitrogen and oxygen atoms in total. The minimum Gasteiger partial charge on any atom is -0.508 e. The Balaban J connectivity index is 1.55. The van der Waals surface area contributed by atoms with Crippen LogP contribution in [0, 0.1) is 25.6 Å². The number of nitrogens with one attached hydrogen (secondary N) is 1. The molecule has 1 aliphatic rings. The maximum atomic E-state index is 13.5. The van der Waals surface area contributed by atoms with Crippen LogP contribution in [0.1, 0.15) is 36.5 Å². The van der Waals surface area contributed by atoms with Crippen LogP contribution in [0.2, 0.25) is 0 Å². The fraction of sp³-hybridized carbons (Fsp3) is 0.276. The van der Waals surface area contributed by atoms with E-state index in [1.165, 1.54) is 18.2 Å². The lowest BCUT2D eigenvalue weighted by molar-refractivity contribution is -0.152. The van der Waals surface area contributed by atoms with Crippen molar-refractivity contribution in [1.82, 2.24) is 0 Å². The number of aromatic hydroxyl groups is 1. The number of aryl methyl sites for hydroxylation is 2. The van der Waals surface area contributed by atoms with Crippen molar-refractivity contribution in [3.8, 4) is 17.2 Å². The molecule has 9 heteroatoms. The first-order valence-corrected chi connectivity index (χ1v) is 12.3. The number of benzene rings is 3. The number of carbonyl (C=O) groups is 3. The highest BCUT2D eigenvalue weighted by Gasteiger charge is 2.34. The van der Waals surface area contributed by atoms with Crippen molar-refractivity contribution in [3.63, 3.8) is 0 Å². The van der Waals surface area contributed by atoms with E-state index in [2.05, 4.69) is 5.32 Å². The molecule has 2 amide bonds. The number of carbonyl (C=O) groups excluding carboxylic acids is 3. The Morgan fingerprint density at radius 1 is 1.03 bits per heavy atom. The third-order valence-corrected chi connectivity index (χ3v) is 6.11. The van der Waals surface area contributed by atoms with E-state index < -0.39 is 17.7 Å². The SMILES string of the molecule is CCOC(=O)C(=O)Nc1cc(C)c(Oc2ccc(O)c(CN(C(=O)C3CC3)c3ccc(F)cc3)c2)c(C)c1. The monoisotopic (exact) mass is 520 g/mol. The molecular formula is C29H29FN2O6. The summed E-state index contributed by atoms with van der Waals surface area (Å²) in [4.78, 5) is 38.2. The molecule has 0 saturated heterocycles. The summed E-state index contributed by atoms with van der Waals surface area (Å²) in [5.41, 5.74) is 2.84. The first-order chi connectivity index (χ1) is 18.2. The van der Waals surface area contributed by atoms with E-state index in [-0.39, 0.29) is 30.7 Å². The summed E-state index contributed by atoms with van der Waals surface area (Å²) in [6.45, 7) is 5.40. The molecule has 0 aliphatic heterocycles. The molecule has 198 valence electrons. The van der Waals surface area contributed by atoms with Crippen molar-refractivity contribution < 1.29 is 33.4 Å². The van der Waals surface area contributed by atoms with Gasteiger partial charge in [0.25, 0.3) is 0 Å². The summed E-state index contributed by atoms with van der Waals surface area (Å²) in [6, 6.07) is 13.8. The molecule has 1 fully saturated rings. The van der Waals surface area contributed by atoms with E-state index in [1.54, 1.807) is 62.1 Å². The molecule has 0 aromatic heterocycles. The average molecular weight is 521 g/mol. The lowest BCUT2D eigenvalue weighted by atomic mass is 10.1. The van der Waals surface area contributed by atoms with Gasteiger partial charge in [-0.15, -0.1) is 0 Å². The predicted molar refractivity (Wildman–Crippen MR) is 140 cm³/mol. The molecule has 0 bridgehead atoms. The molecule has 1 saturated carbocycles. The van der Waals surface area contributed by atoms with E-state index >= 15 is 0 Å². The van der Waals surface area contributed by atoms with Crippen molar-refractivity contribution in [1.29, 1.82) is 0 Å². The van der Waals surface area contributed by atoms with Gasteiger partial charge in [-0.1, -0.05) is 0 Å².